The molecule has 0 spiro atoms. The maximum Gasteiger partial charge on any atom is 0.254 e. The molecule has 21 heavy (non-hydrogen) atoms. The molecule has 2 rings (SSSR count). The molecular formula is C16H17BrN2OS. The van der Waals surface area contributed by atoms with Gasteiger partial charge in [-0.05, 0) is 48.9 Å². The highest BCUT2D eigenvalue weighted by atomic mass is 79.9. The lowest BCUT2D eigenvalue weighted by molar-refractivity contribution is 0.0736. The van der Waals surface area contributed by atoms with Gasteiger partial charge in [-0.15, -0.1) is 0 Å². The number of nitrogens with two attached hydrogens (primary N) is 1. The zero-order valence-electron chi connectivity index (χ0n) is 12.0. The van der Waals surface area contributed by atoms with Gasteiger partial charge in [0.2, 0.25) is 0 Å². The minimum atomic E-state index is -0.0531. The Balaban J connectivity index is 2.37. The fraction of sp³-hybridized carbons (Fsp3) is 0.250. The second-order valence-corrected chi connectivity index (χ2v) is 6.64. The number of hydrogen-bond acceptors (Lipinski definition) is 2. The van der Waals surface area contributed by atoms with E-state index in [4.69, 9.17) is 18.0 Å². The van der Waals surface area contributed by atoms with Gasteiger partial charge in [-0.2, -0.15) is 0 Å². The first-order valence-corrected chi connectivity index (χ1v) is 7.87. The molecule has 0 unspecified atom stereocenters. The third-order valence-corrected chi connectivity index (χ3v) is 3.88. The predicted octanol–water partition coefficient (Wildman–Crippen LogP) is 3.74. The predicted molar refractivity (Wildman–Crippen MR) is 94.6 cm³/mol. The second-order valence-electron chi connectivity index (χ2n) is 5.20. The summed E-state index contributed by atoms with van der Waals surface area (Å²) in [5, 5.41) is 2.12. The molecule has 0 bridgehead atoms. The number of rotatable bonds is 4. The number of benzene rings is 2. The SMILES string of the molecule is CC(C)N(CC(N)=S)C(=O)c1ccc2cc(Br)ccc2c1. The first kappa shape index (κ1) is 15.9. The van der Waals surface area contributed by atoms with E-state index in [2.05, 4.69) is 15.9 Å². The smallest absolute Gasteiger partial charge is 0.254 e. The number of fused-ring (bicyclic) bond motifs is 1. The van der Waals surface area contributed by atoms with E-state index in [0.29, 0.717) is 17.1 Å². The Morgan fingerprint density at radius 3 is 2.48 bits per heavy atom. The molecule has 0 aromatic heterocycles. The van der Waals surface area contributed by atoms with Crippen LogP contribution in [0, 0.1) is 0 Å². The summed E-state index contributed by atoms with van der Waals surface area (Å²) in [6, 6.07) is 11.7. The highest BCUT2D eigenvalue weighted by Gasteiger charge is 2.19. The fourth-order valence-corrected chi connectivity index (χ4v) is 2.69. The van der Waals surface area contributed by atoms with Crippen LogP contribution in [-0.2, 0) is 0 Å². The largest absolute Gasteiger partial charge is 0.392 e. The van der Waals surface area contributed by atoms with E-state index >= 15 is 0 Å². The van der Waals surface area contributed by atoms with Gasteiger partial charge in [0, 0.05) is 16.1 Å². The summed E-state index contributed by atoms with van der Waals surface area (Å²) in [5.74, 6) is -0.0531. The summed E-state index contributed by atoms with van der Waals surface area (Å²) in [6.45, 7) is 4.20. The highest BCUT2D eigenvalue weighted by Crippen LogP contribution is 2.22. The van der Waals surface area contributed by atoms with Crippen LogP contribution in [0.5, 0.6) is 0 Å². The number of thiocarbonyl (C=S) groups is 1. The Labute approximate surface area is 138 Å². The van der Waals surface area contributed by atoms with E-state index in [1.807, 2.05) is 50.2 Å². The molecular weight excluding hydrogens is 348 g/mol. The highest BCUT2D eigenvalue weighted by molar-refractivity contribution is 9.10. The van der Waals surface area contributed by atoms with Crippen molar-refractivity contribution in [3.05, 3.63) is 46.4 Å². The van der Waals surface area contributed by atoms with Gasteiger partial charge in [-0.25, -0.2) is 0 Å². The standard InChI is InChI=1S/C16H17BrN2OS/c1-10(2)19(9-15(18)21)16(20)13-4-3-12-8-14(17)6-5-11(12)7-13/h3-8,10H,9H2,1-2H3,(H2,18,21). The van der Waals surface area contributed by atoms with Crippen molar-refractivity contribution in [2.24, 2.45) is 5.73 Å². The number of nitrogens with zero attached hydrogens (tertiary/aromatic N) is 1. The Morgan fingerprint density at radius 1 is 1.24 bits per heavy atom. The van der Waals surface area contributed by atoms with Crippen LogP contribution in [0.2, 0.25) is 0 Å². The van der Waals surface area contributed by atoms with Crippen LogP contribution in [-0.4, -0.2) is 28.4 Å². The Hall–Kier alpha value is -1.46. The molecule has 0 aliphatic heterocycles. The molecule has 0 saturated carbocycles. The molecule has 0 heterocycles. The zero-order chi connectivity index (χ0) is 15.6. The second kappa shape index (κ2) is 6.54. The molecule has 2 N–H and O–H groups in total. The number of carbonyl (C=O) groups excluding carboxylic acids is 1. The average molecular weight is 365 g/mol. The van der Waals surface area contributed by atoms with E-state index < -0.39 is 0 Å². The Kier molecular flexibility index (Phi) is 4.96. The van der Waals surface area contributed by atoms with Crippen molar-refractivity contribution < 1.29 is 4.79 Å². The molecule has 0 aliphatic carbocycles. The summed E-state index contributed by atoms with van der Waals surface area (Å²) in [7, 11) is 0. The van der Waals surface area contributed by atoms with Crippen LogP contribution in [0.15, 0.2) is 40.9 Å². The van der Waals surface area contributed by atoms with Crippen molar-refractivity contribution in [2.75, 3.05) is 6.54 Å². The van der Waals surface area contributed by atoms with Crippen molar-refractivity contribution in [1.29, 1.82) is 0 Å². The van der Waals surface area contributed by atoms with E-state index in [1.54, 1.807) is 4.90 Å². The number of hydrogen-bond donors (Lipinski definition) is 1. The summed E-state index contributed by atoms with van der Waals surface area (Å²) >= 11 is 8.38. The number of carbonyl (C=O) groups is 1. The molecule has 2 aromatic carbocycles. The normalized spacial score (nSPS) is 10.9. The molecule has 1 amide bonds. The molecule has 0 radical (unpaired) electrons. The van der Waals surface area contributed by atoms with Crippen molar-refractivity contribution in [3.63, 3.8) is 0 Å². The summed E-state index contributed by atoms with van der Waals surface area (Å²) in [6.07, 6.45) is 0. The Morgan fingerprint density at radius 2 is 1.86 bits per heavy atom. The van der Waals surface area contributed by atoms with E-state index in [-0.39, 0.29) is 11.9 Å². The molecule has 3 nitrogen and oxygen atoms in total. The Bertz CT molecular complexity index is 700. The van der Waals surface area contributed by atoms with Crippen LogP contribution in [0.1, 0.15) is 24.2 Å². The van der Waals surface area contributed by atoms with Crippen molar-refractivity contribution >= 4 is 49.8 Å². The summed E-state index contributed by atoms with van der Waals surface area (Å²) < 4.78 is 1.02. The van der Waals surface area contributed by atoms with Crippen molar-refractivity contribution in [3.8, 4) is 0 Å². The van der Waals surface area contributed by atoms with E-state index in [9.17, 15) is 4.79 Å². The fourth-order valence-electron chi connectivity index (χ4n) is 2.17. The topological polar surface area (TPSA) is 46.3 Å². The summed E-state index contributed by atoms with van der Waals surface area (Å²) in [4.78, 5) is 14.6. The lowest BCUT2D eigenvalue weighted by Crippen LogP contribution is -2.42. The van der Waals surface area contributed by atoms with Crippen LogP contribution in [0.4, 0.5) is 0 Å². The minimum absolute atomic E-state index is 0.0413. The van der Waals surface area contributed by atoms with Gasteiger partial charge < -0.3 is 10.6 Å². The minimum Gasteiger partial charge on any atom is -0.392 e. The molecule has 0 fully saturated rings. The van der Waals surface area contributed by atoms with Gasteiger partial charge in [-0.1, -0.05) is 40.3 Å². The van der Waals surface area contributed by atoms with Crippen LogP contribution >= 0.6 is 28.1 Å². The van der Waals surface area contributed by atoms with Crippen molar-refractivity contribution in [1.82, 2.24) is 4.90 Å². The van der Waals surface area contributed by atoms with Gasteiger partial charge >= 0.3 is 0 Å². The van der Waals surface area contributed by atoms with Crippen LogP contribution in [0.3, 0.4) is 0 Å². The van der Waals surface area contributed by atoms with Gasteiger partial charge in [0.15, 0.2) is 0 Å². The number of halogens is 1. The maximum absolute atomic E-state index is 12.6. The number of amides is 1. The van der Waals surface area contributed by atoms with Crippen molar-refractivity contribution in [2.45, 2.75) is 19.9 Å². The first-order valence-electron chi connectivity index (χ1n) is 6.67. The average Bonchev–Trinajstić information content (AvgIpc) is 2.43. The van der Waals surface area contributed by atoms with Crippen LogP contribution in [0.25, 0.3) is 10.8 Å². The van der Waals surface area contributed by atoms with Crippen LogP contribution < -0.4 is 5.73 Å². The molecule has 110 valence electrons. The van der Waals surface area contributed by atoms with Gasteiger partial charge in [0.1, 0.15) is 0 Å². The summed E-state index contributed by atoms with van der Waals surface area (Å²) in [5.41, 5.74) is 6.23. The molecule has 0 atom stereocenters. The lowest BCUT2D eigenvalue weighted by Gasteiger charge is -2.26. The van der Waals surface area contributed by atoms with Gasteiger partial charge in [-0.3, -0.25) is 4.79 Å². The lowest BCUT2D eigenvalue weighted by atomic mass is 10.1. The molecule has 5 heteroatoms. The zero-order valence-corrected chi connectivity index (χ0v) is 14.4. The molecule has 0 saturated heterocycles. The first-order chi connectivity index (χ1) is 9.88. The maximum atomic E-state index is 12.6. The van der Waals surface area contributed by atoms with E-state index in [1.165, 1.54) is 0 Å². The third-order valence-electron chi connectivity index (χ3n) is 3.26. The quantitative estimate of drug-likeness (QED) is 0.840. The monoisotopic (exact) mass is 364 g/mol. The third kappa shape index (κ3) is 3.80. The van der Waals surface area contributed by atoms with Gasteiger partial charge in [0.25, 0.3) is 5.91 Å². The molecule has 0 aliphatic rings. The van der Waals surface area contributed by atoms with E-state index in [0.717, 1.165) is 15.2 Å². The molecule has 2 aromatic rings. The van der Waals surface area contributed by atoms with Gasteiger partial charge in [0.05, 0.1) is 11.5 Å².